The molecule has 2 fully saturated rings. The van der Waals surface area contributed by atoms with Crippen molar-refractivity contribution in [1.82, 2.24) is 25.0 Å². The van der Waals surface area contributed by atoms with Crippen LogP contribution in [0.4, 0.5) is 5.95 Å². The van der Waals surface area contributed by atoms with Gasteiger partial charge in [0.05, 0.1) is 31.8 Å². The van der Waals surface area contributed by atoms with Crippen LogP contribution in [-0.4, -0.2) is 82.8 Å². The van der Waals surface area contributed by atoms with Crippen molar-refractivity contribution in [3.05, 3.63) is 24.2 Å². The van der Waals surface area contributed by atoms with Gasteiger partial charge in [-0.1, -0.05) is 11.8 Å². The van der Waals surface area contributed by atoms with E-state index in [2.05, 4.69) is 43.7 Å². The van der Waals surface area contributed by atoms with Gasteiger partial charge in [0.15, 0.2) is 5.16 Å². The summed E-state index contributed by atoms with van der Waals surface area (Å²) in [6, 6.07) is 3.84. The quantitative estimate of drug-likeness (QED) is 0.568. The Morgan fingerprint density at radius 3 is 2.66 bits per heavy atom. The van der Waals surface area contributed by atoms with Gasteiger partial charge < -0.3 is 19.4 Å². The Hall–Kier alpha value is -2.04. The topological polar surface area (TPSA) is 88.7 Å². The van der Waals surface area contributed by atoms with Crippen molar-refractivity contribution in [1.29, 1.82) is 0 Å². The van der Waals surface area contributed by atoms with Crippen molar-refractivity contribution < 1.29 is 13.9 Å². The van der Waals surface area contributed by atoms with Gasteiger partial charge in [-0.2, -0.15) is 0 Å². The van der Waals surface area contributed by atoms with Crippen LogP contribution >= 0.6 is 11.8 Å². The SMILES string of the molecule is CC(C)(CNC(=O)CSc1nnc(N2CCCCC2)n1Cc1ccco1)N1CCOCC1. The first-order valence-electron chi connectivity index (χ1n) is 11.5. The Kier molecular flexibility index (Phi) is 7.75. The molecule has 2 aliphatic heterocycles. The molecule has 0 unspecified atom stereocenters. The third kappa shape index (κ3) is 5.85. The molecule has 0 saturated carbocycles. The molecule has 4 rings (SSSR count). The van der Waals surface area contributed by atoms with Gasteiger partial charge in [-0.25, -0.2) is 0 Å². The Bertz CT molecular complexity index is 857. The fraction of sp³-hybridized carbons (Fsp3) is 0.682. The number of amides is 1. The maximum Gasteiger partial charge on any atom is 0.230 e. The molecule has 176 valence electrons. The maximum atomic E-state index is 12.6. The summed E-state index contributed by atoms with van der Waals surface area (Å²) in [7, 11) is 0. The average molecular weight is 463 g/mol. The lowest BCUT2D eigenvalue weighted by Gasteiger charge is -2.40. The molecule has 0 aromatic carbocycles. The predicted molar refractivity (Wildman–Crippen MR) is 124 cm³/mol. The second-order valence-corrected chi connectivity index (χ2v) is 9.92. The minimum absolute atomic E-state index is 0.00315. The molecule has 2 aromatic heterocycles. The number of hydrogen-bond acceptors (Lipinski definition) is 8. The number of hydrogen-bond donors (Lipinski definition) is 1. The standard InChI is InChI=1S/C22H34N6O3S/c1-22(2,27-10-13-30-14-11-27)17-23-19(29)16-32-21-25-24-20(26-8-4-3-5-9-26)28(21)15-18-7-6-12-31-18/h6-7,12H,3-5,8-11,13-17H2,1-2H3,(H,23,29). The van der Waals surface area contributed by atoms with Crippen molar-refractivity contribution in [2.75, 3.05) is 56.6 Å². The summed E-state index contributed by atoms with van der Waals surface area (Å²) in [4.78, 5) is 17.3. The van der Waals surface area contributed by atoms with Gasteiger partial charge in [-0.05, 0) is 45.2 Å². The van der Waals surface area contributed by atoms with Crippen LogP contribution in [-0.2, 0) is 16.1 Å². The third-order valence-electron chi connectivity index (χ3n) is 6.15. The number of piperidine rings is 1. The first kappa shape index (κ1) is 23.1. The summed E-state index contributed by atoms with van der Waals surface area (Å²) in [5, 5.41) is 12.7. The largest absolute Gasteiger partial charge is 0.467 e. The van der Waals surface area contributed by atoms with Crippen LogP contribution in [0.15, 0.2) is 28.0 Å². The van der Waals surface area contributed by atoms with Gasteiger partial charge in [0.2, 0.25) is 11.9 Å². The number of anilines is 1. The Morgan fingerprint density at radius 1 is 1.16 bits per heavy atom. The smallest absolute Gasteiger partial charge is 0.230 e. The monoisotopic (exact) mass is 462 g/mol. The fourth-order valence-corrected chi connectivity index (χ4v) is 4.95. The number of furan rings is 1. The number of thioether (sulfide) groups is 1. The first-order chi connectivity index (χ1) is 15.5. The van der Waals surface area contributed by atoms with Crippen molar-refractivity contribution in [2.24, 2.45) is 0 Å². The van der Waals surface area contributed by atoms with Crippen molar-refractivity contribution in [3.63, 3.8) is 0 Å². The van der Waals surface area contributed by atoms with E-state index in [0.717, 1.165) is 69.1 Å². The Morgan fingerprint density at radius 2 is 1.94 bits per heavy atom. The van der Waals surface area contributed by atoms with E-state index < -0.39 is 0 Å². The third-order valence-corrected chi connectivity index (χ3v) is 7.11. The first-order valence-corrected chi connectivity index (χ1v) is 12.4. The number of ether oxygens (including phenoxy) is 1. The van der Waals surface area contributed by atoms with E-state index in [0.29, 0.717) is 18.8 Å². The van der Waals surface area contributed by atoms with E-state index in [9.17, 15) is 4.79 Å². The molecule has 0 radical (unpaired) electrons. The van der Waals surface area contributed by atoms with Crippen molar-refractivity contribution in [2.45, 2.75) is 50.4 Å². The van der Waals surface area contributed by atoms with Gasteiger partial charge in [-0.15, -0.1) is 10.2 Å². The van der Waals surface area contributed by atoms with Crippen molar-refractivity contribution in [3.8, 4) is 0 Å². The molecule has 32 heavy (non-hydrogen) atoms. The minimum Gasteiger partial charge on any atom is -0.467 e. The molecule has 0 spiro atoms. The van der Waals surface area contributed by atoms with E-state index in [4.69, 9.17) is 9.15 Å². The normalized spacial score (nSPS) is 18.1. The van der Waals surface area contributed by atoms with E-state index >= 15 is 0 Å². The van der Waals surface area contributed by atoms with Gasteiger partial charge in [0.1, 0.15) is 5.76 Å². The van der Waals surface area contributed by atoms with E-state index in [-0.39, 0.29) is 11.4 Å². The highest BCUT2D eigenvalue weighted by molar-refractivity contribution is 7.99. The highest BCUT2D eigenvalue weighted by Crippen LogP contribution is 2.26. The van der Waals surface area contributed by atoms with Gasteiger partial charge in [0.25, 0.3) is 0 Å². The lowest BCUT2D eigenvalue weighted by molar-refractivity contribution is -0.119. The second-order valence-electron chi connectivity index (χ2n) is 8.97. The molecular weight excluding hydrogens is 428 g/mol. The number of carbonyl (C=O) groups is 1. The van der Waals surface area contributed by atoms with Crippen molar-refractivity contribution >= 4 is 23.6 Å². The Labute approximate surface area is 193 Å². The number of carbonyl (C=O) groups excluding carboxylic acids is 1. The van der Waals surface area contributed by atoms with Gasteiger partial charge in [0, 0.05) is 38.3 Å². The molecular formula is C22H34N6O3S. The zero-order chi connectivity index (χ0) is 22.4. The average Bonchev–Trinajstić information content (AvgIpc) is 3.48. The predicted octanol–water partition coefficient (Wildman–Crippen LogP) is 2.23. The maximum absolute atomic E-state index is 12.6. The van der Waals surface area contributed by atoms with Gasteiger partial charge in [-0.3, -0.25) is 14.3 Å². The molecule has 9 nitrogen and oxygen atoms in total. The second kappa shape index (κ2) is 10.7. The molecule has 2 aliphatic rings. The summed E-state index contributed by atoms with van der Waals surface area (Å²) in [6.45, 7) is 10.7. The molecule has 1 N–H and O–H groups in total. The zero-order valence-corrected chi connectivity index (χ0v) is 19.9. The fourth-order valence-electron chi connectivity index (χ4n) is 4.19. The minimum atomic E-state index is -0.106. The molecule has 0 aliphatic carbocycles. The molecule has 0 bridgehead atoms. The molecule has 4 heterocycles. The van der Waals surface area contributed by atoms with E-state index in [1.807, 2.05) is 12.1 Å². The van der Waals surface area contributed by atoms with Crippen LogP contribution in [0.2, 0.25) is 0 Å². The van der Waals surface area contributed by atoms with E-state index in [1.165, 1.54) is 18.2 Å². The molecule has 10 heteroatoms. The van der Waals surface area contributed by atoms with Crippen LogP contribution in [0.3, 0.4) is 0 Å². The highest BCUT2D eigenvalue weighted by Gasteiger charge is 2.29. The van der Waals surface area contributed by atoms with Crippen LogP contribution < -0.4 is 10.2 Å². The zero-order valence-electron chi connectivity index (χ0n) is 19.1. The van der Waals surface area contributed by atoms with Crippen LogP contribution in [0.5, 0.6) is 0 Å². The summed E-state index contributed by atoms with van der Waals surface area (Å²) in [6.07, 6.45) is 5.26. The molecule has 2 saturated heterocycles. The lowest BCUT2D eigenvalue weighted by atomic mass is 10.0. The number of morpholine rings is 1. The van der Waals surface area contributed by atoms with Crippen LogP contribution in [0, 0.1) is 0 Å². The highest BCUT2D eigenvalue weighted by atomic mass is 32.2. The molecule has 0 atom stereocenters. The Balaban J connectivity index is 1.36. The lowest BCUT2D eigenvalue weighted by Crippen LogP contribution is -2.55. The summed E-state index contributed by atoms with van der Waals surface area (Å²) >= 11 is 1.42. The summed E-state index contributed by atoms with van der Waals surface area (Å²) in [5.41, 5.74) is -0.106. The molecule has 1 amide bonds. The van der Waals surface area contributed by atoms with E-state index in [1.54, 1.807) is 6.26 Å². The molecule has 2 aromatic rings. The van der Waals surface area contributed by atoms with Gasteiger partial charge >= 0.3 is 0 Å². The number of nitrogens with zero attached hydrogens (tertiary/aromatic N) is 5. The van der Waals surface area contributed by atoms with Crippen LogP contribution in [0.1, 0.15) is 38.9 Å². The summed E-state index contributed by atoms with van der Waals surface area (Å²) < 4.78 is 13.1. The van der Waals surface area contributed by atoms with Crippen LogP contribution in [0.25, 0.3) is 0 Å². The number of nitrogens with one attached hydrogen (secondary N) is 1. The summed E-state index contributed by atoms with van der Waals surface area (Å²) in [5.74, 6) is 2.01. The number of aromatic nitrogens is 3. The number of rotatable bonds is 9.